The van der Waals surface area contributed by atoms with Crippen molar-refractivity contribution in [3.8, 4) is 0 Å². The van der Waals surface area contributed by atoms with Crippen molar-refractivity contribution in [3.05, 3.63) is 0 Å². The Bertz CT molecular complexity index is 234. The Kier molecular flexibility index (Phi) is 15.7. The highest BCUT2D eigenvalue weighted by atomic mass is 28.4. The lowest BCUT2D eigenvalue weighted by Gasteiger charge is -2.32. The zero-order chi connectivity index (χ0) is 17.4. The molecule has 2 nitrogen and oxygen atoms in total. The maximum absolute atomic E-state index is 9.62. The lowest BCUT2D eigenvalue weighted by Crippen LogP contribution is -2.41. The summed E-state index contributed by atoms with van der Waals surface area (Å²) in [6.45, 7) is 9.25. The van der Waals surface area contributed by atoms with Crippen LogP contribution in [-0.4, -0.2) is 26.1 Å². The minimum Gasteiger partial charge on any atom is -0.412 e. The van der Waals surface area contributed by atoms with Gasteiger partial charge in [0.25, 0.3) is 0 Å². The average molecular weight is 345 g/mol. The van der Waals surface area contributed by atoms with Crippen LogP contribution in [0.4, 0.5) is 0 Å². The molecule has 0 radical (unpaired) electrons. The first kappa shape index (κ1) is 23.1. The highest BCUT2D eigenvalue weighted by Crippen LogP contribution is 2.25. The number of hydrogen-bond acceptors (Lipinski definition) is 2. The van der Waals surface area contributed by atoms with E-state index in [0.29, 0.717) is 0 Å². The minimum absolute atomic E-state index is 0.0931. The third-order valence-electron chi connectivity index (χ3n) is 5.43. The molecule has 3 heteroatoms. The van der Waals surface area contributed by atoms with E-state index >= 15 is 0 Å². The number of aliphatic hydroxyl groups excluding tert-OH is 1. The molecule has 0 saturated heterocycles. The molecule has 0 aromatic heterocycles. The molecule has 0 saturated carbocycles. The van der Waals surface area contributed by atoms with Crippen LogP contribution in [0.5, 0.6) is 0 Å². The molecule has 1 N–H and O–H groups in total. The van der Waals surface area contributed by atoms with Crippen LogP contribution < -0.4 is 0 Å². The normalized spacial score (nSPS) is 13.4. The van der Waals surface area contributed by atoms with Crippen molar-refractivity contribution >= 4 is 8.32 Å². The second-order valence-corrected chi connectivity index (χ2v) is 11.9. The molecule has 0 rings (SSSR count). The van der Waals surface area contributed by atoms with Gasteiger partial charge in [0.05, 0.1) is 12.7 Å². The van der Waals surface area contributed by atoms with Gasteiger partial charge in [-0.05, 0) is 24.6 Å². The standard InChI is InChI=1S/C20H44O2Si/c1-5-9-10-11-12-13-14-15-16-17-18-20(19-21)22-23(6-2,7-3)8-4/h20-21H,5-19H2,1-4H3. The summed E-state index contributed by atoms with van der Waals surface area (Å²) in [7, 11) is -1.56. The van der Waals surface area contributed by atoms with Gasteiger partial charge in [0, 0.05) is 0 Å². The molecule has 0 aromatic carbocycles. The minimum atomic E-state index is -1.56. The fourth-order valence-electron chi connectivity index (χ4n) is 3.40. The van der Waals surface area contributed by atoms with Crippen LogP contribution in [0.3, 0.4) is 0 Å². The van der Waals surface area contributed by atoms with Crippen molar-refractivity contribution < 1.29 is 9.53 Å². The number of unbranched alkanes of at least 4 members (excludes halogenated alkanes) is 9. The Morgan fingerprint density at radius 3 is 1.52 bits per heavy atom. The molecule has 0 heterocycles. The summed E-state index contributed by atoms with van der Waals surface area (Å²) in [5.41, 5.74) is 0. The first-order chi connectivity index (χ1) is 11.2. The van der Waals surface area contributed by atoms with Gasteiger partial charge in [0.15, 0.2) is 8.32 Å². The van der Waals surface area contributed by atoms with Gasteiger partial charge in [-0.1, -0.05) is 91.9 Å². The molecule has 1 unspecified atom stereocenters. The summed E-state index contributed by atoms with van der Waals surface area (Å²) in [6.07, 6.45) is 14.8. The fraction of sp³-hybridized carbons (Fsp3) is 1.00. The van der Waals surface area contributed by atoms with E-state index in [9.17, 15) is 5.11 Å². The summed E-state index contributed by atoms with van der Waals surface area (Å²) in [6, 6.07) is 3.53. The second-order valence-electron chi connectivity index (χ2n) is 7.14. The van der Waals surface area contributed by atoms with E-state index in [4.69, 9.17) is 4.43 Å². The van der Waals surface area contributed by atoms with Crippen LogP contribution in [-0.2, 0) is 4.43 Å². The van der Waals surface area contributed by atoms with Crippen LogP contribution >= 0.6 is 0 Å². The third kappa shape index (κ3) is 11.3. The lowest BCUT2D eigenvalue weighted by atomic mass is 10.0. The van der Waals surface area contributed by atoms with Crippen molar-refractivity contribution in [1.82, 2.24) is 0 Å². The summed E-state index contributed by atoms with van der Waals surface area (Å²) in [5, 5.41) is 9.62. The summed E-state index contributed by atoms with van der Waals surface area (Å²) in [4.78, 5) is 0. The molecular weight excluding hydrogens is 300 g/mol. The average Bonchev–Trinajstić information content (AvgIpc) is 2.60. The van der Waals surface area contributed by atoms with Crippen molar-refractivity contribution in [2.45, 2.75) is 123 Å². The van der Waals surface area contributed by atoms with Gasteiger partial charge >= 0.3 is 0 Å². The largest absolute Gasteiger partial charge is 0.412 e. The second kappa shape index (κ2) is 15.7. The van der Waals surface area contributed by atoms with Crippen LogP contribution in [0.25, 0.3) is 0 Å². The van der Waals surface area contributed by atoms with Crippen molar-refractivity contribution in [1.29, 1.82) is 0 Å². The molecule has 0 aliphatic carbocycles. The Labute approximate surface area is 147 Å². The Morgan fingerprint density at radius 1 is 0.696 bits per heavy atom. The van der Waals surface area contributed by atoms with E-state index in [0.717, 1.165) is 6.42 Å². The van der Waals surface area contributed by atoms with Gasteiger partial charge in [-0.25, -0.2) is 0 Å². The quantitative estimate of drug-likeness (QED) is 0.235. The molecule has 0 aliphatic rings. The number of rotatable bonds is 17. The van der Waals surface area contributed by atoms with Gasteiger partial charge in [-0.2, -0.15) is 0 Å². The number of hydrogen-bond donors (Lipinski definition) is 1. The van der Waals surface area contributed by atoms with Crippen molar-refractivity contribution in [3.63, 3.8) is 0 Å². The smallest absolute Gasteiger partial charge is 0.192 e. The van der Waals surface area contributed by atoms with E-state index in [1.807, 2.05) is 0 Å². The lowest BCUT2D eigenvalue weighted by molar-refractivity contribution is 0.0963. The monoisotopic (exact) mass is 344 g/mol. The van der Waals surface area contributed by atoms with Crippen LogP contribution in [0.15, 0.2) is 0 Å². The van der Waals surface area contributed by atoms with Gasteiger partial charge < -0.3 is 9.53 Å². The van der Waals surface area contributed by atoms with Crippen LogP contribution in [0.1, 0.15) is 98.3 Å². The maximum atomic E-state index is 9.62. The van der Waals surface area contributed by atoms with Crippen LogP contribution in [0.2, 0.25) is 18.1 Å². The highest BCUT2D eigenvalue weighted by molar-refractivity contribution is 6.73. The molecule has 0 fully saturated rings. The summed E-state index contributed by atoms with van der Waals surface area (Å²) < 4.78 is 6.41. The molecule has 140 valence electrons. The summed E-state index contributed by atoms with van der Waals surface area (Å²) >= 11 is 0. The molecule has 0 amide bonds. The molecule has 0 aromatic rings. The van der Waals surface area contributed by atoms with Crippen molar-refractivity contribution in [2.75, 3.05) is 6.61 Å². The predicted molar refractivity (Wildman–Crippen MR) is 106 cm³/mol. The summed E-state index contributed by atoms with van der Waals surface area (Å²) in [5.74, 6) is 0. The molecule has 23 heavy (non-hydrogen) atoms. The van der Waals surface area contributed by atoms with Gasteiger partial charge in [-0.3, -0.25) is 0 Å². The first-order valence-corrected chi connectivity index (χ1v) is 13.0. The van der Waals surface area contributed by atoms with E-state index < -0.39 is 8.32 Å². The van der Waals surface area contributed by atoms with E-state index in [2.05, 4.69) is 27.7 Å². The van der Waals surface area contributed by atoms with E-state index in [-0.39, 0.29) is 12.7 Å². The Balaban J connectivity index is 3.68. The molecule has 0 bridgehead atoms. The zero-order valence-electron chi connectivity index (χ0n) is 16.5. The molecule has 0 spiro atoms. The SMILES string of the molecule is CCCCCCCCCCCCC(CO)O[Si](CC)(CC)CC. The number of aliphatic hydroxyl groups is 1. The van der Waals surface area contributed by atoms with Gasteiger partial charge in [0.1, 0.15) is 0 Å². The first-order valence-electron chi connectivity index (χ1n) is 10.5. The van der Waals surface area contributed by atoms with Gasteiger partial charge in [0.2, 0.25) is 0 Å². The topological polar surface area (TPSA) is 29.5 Å². The predicted octanol–water partition coefficient (Wildman–Crippen LogP) is 6.68. The maximum Gasteiger partial charge on any atom is 0.192 e. The van der Waals surface area contributed by atoms with E-state index in [1.54, 1.807) is 0 Å². The highest BCUT2D eigenvalue weighted by Gasteiger charge is 2.31. The Hall–Kier alpha value is 0.137. The molecule has 0 aliphatic heterocycles. The van der Waals surface area contributed by atoms with Crippen molar-refractivity contribution in [2.24, 2.45) is 0 Å². The van der Waals surface area contributed by atoms with E-state index in [1.165, 1.54) is 82.3 Å². The molecule has 1 atom stereocenters. The zero-order valence-corrected chi connectivity index (χ0v) is 17.5. The van der Waals surface area contributed by atoms with Gasteiger partial charge in [-0.15, -0.1) is 0 Å². The van der Waals surface area contributed by atoms with Crippen LogP contribution in [0, 0.1) is 0 Å². The fourth-order valence-corrected chi connectivity index (χ4v) is 6.30. The molecular formula is C20H44O2Si. The third-order valence-corrected chi connectivity index (χ3v) is 10.1. The Morgan fingerprint density at radius 2 is 1.13 bits per heavy atom.